The van der Waals surface area contributed by atoms with Crippen LogP contribution in [0.25, 0.3) is 10.9 Å². The Hall–Kier alpha value is -2.19. The fourth-order valence-corrected chi connectivity index (χ4v) is 4.92. The molecule has 8 heteroatoms. The standard InChI is InChI=1S/C21H30N4O3S/c1-3-5-12-24-15-18(19-10-6-7-11-20(19)24)14-22-23-21(26)17-9-8-13-25(16-17)29(27,28)4-2/h6-7,10-11,14-15,17H,3-5,8-9,12-13,16H2,1-2H3,(H,23,26). The lowest BCUT2D eigenvalue weighted by atomic mass is 9.99. The number of piperidine rings is 1. The summed E-state index contributed by atoms with van der Waals surface area (Å²) in [6.45, 7) is 5.46. The van der Waals surface area contributed by atoms with Crippen molar-refractivity contribution < 1.29 is 13.2 Å². The molecule has 1 N–H and O–H groups in total. The van der Waals surface area contributed by atoms with Gasteiger partial charge < -0.3 is 4.57 Å². The van der Waals surface area contributed by atoms with Crippen LogP contribution in [-0.2, 0) is 21.4 Å². The summed E-state index contributed by atoms with van der Waals surface area (Å²) >= 11 is 0. The number of hydrazone groups is 1. The first-order valence-corrected chi connectivity index (χ1v) is 12.0. The number of carbonyl (C=O) groups is 1. The largest absolute Gasteiger partial charge is 0.347 e. The van der Waals surface area contributed by atoms with Gasteiger partial charge in [-0.05, 0) is 32.3 Å². The molecule has 1 saturated heterocycles. The Balaban J connectivity index is 1.67. The number of sulfonamides is 1. The van der Waals surface area contributed by atoms with Gasteiger partial charge >= 0.3 is 0 Å². The quantitative estimate of drug-likeness (QED) is 0.528. The van der Waals surface area contributed by atoms with E-state index in [1.807, 2.05) is 12.1 Å². The number of hydrogen-bond donors (Lipinski definition) is 1. The molecule has 1 atom stereocenters. The second-order valence-corrected chi connectivity index (χ2v) is 9.74. The number of aromatic nitrogens is 1. The Bertz CT molecular complexity index is 981. The van der Waals surface area contributed by atoms with Crippen LogP contribution in [0.1, 0.15) is 45.1 Å². The zero-order chi connectivity index (χ0) is 20.9. The van der Waals surface area contributed by atoms with E-state index in [4.69, 9.17) is 0 Å². The molecule has 0 saturated carbocycles. The van der Waals surface area contributed by atoms with Crippen molar-refractivity contribution in [3.05, 3.63) is 36.0 Å². The van der Waals surface area contributed by atoms with Gasteiger partial charge in [-0.3, -0.25) is 4.79 Å². The van der Waals surface area contributed by atoms with Crippen LogP contribution in [0, 0.1) is 5.92 Å². The summed E-state index contributed by atoms with van der Waals surface area (Å²) in [4.78, 5) is 12.5. The van der Waals surface area contributed by atoms with E-state index in [0.29, 0.717) is 19.4 Å². The first kappa shape index (κ1) is 21.5. The molecule has 1 aromatic carbocycles. The zero-order valence-corrected chi connectivity index (χ0v) is 18.0. The van der Waals surface area contributed by atoms with Crippen molar-refractivity contribution in [3.63, 3.8) is 0 Å². The fraction of sp³-hybridized carbons (Fsp3) is 0.524. The number of aryl methyl sites for hydroxylation is 1. The maximum absolute atomic E-state index is 12.5. The van der Waals surface area contributed by atoms with Crippen molar-refractivity contribution in [2.45, 2.75) is 46.1 Å². The van der Waals surface area contributed by atoms with E-state index in [-0.39, 0.29) is 24.1 Å². The molecule has 29 heavy (non-hydrogen) atoms. The predicted molar refractivity (Wildman–Crippen MR) is 116 cm³/mol. The number of hydrogen-bond acceptors (Lipinski definition) is 4. The molecule has 0 radical (unpaired) electrons. The summed E-state index contributed by atoms with van der Waals surface area (Å²) < 4.78 is 27.8. The summed E-state index contributed by atoms with van der Waals surface area (Å²) in [6.07, 6.45) is 7.32. The smallest absolute Gasteiger partial charge is 0.244 e. The van der Waals surface area contributed by atoms with Gasteiger partial charge in [-0.15, -0.1) is 0 Å². The Kier molecular flexibility index (Phi) is 7.08. The van der Waals surface area contributed by atoms with E-state index in [2.05, 4.69) is 40.3 Å². The normalized spacial score (nSPS) is 18.5. The molecule has 0 bridgehead atoms. The molecule has 1 aliphatic rings. The van der Waals surface area contributed by atoms with E-state index in [1.54, 1.807) is 13.1 Å². The first-order valence-electron chi connectivity index (χ1n) is 10.3. The second-order valence-electron chi connectivity index (χ2n) is 7.48. The number of nitrogens with zero attached hydrogens (tertiary/aromatic N) is 3. The van der Waals surface area contributed by atoms with Crippen molar-refractivity contribution >= 4 is 33.0 Å². The van der Waals surface area contributed by atoms with Crippen LogP contribution in [0.2, 0.25) is 0 Å². The summed E-state index contributed by atoms with van der Waals surface area (Å²) in [5.74, 6) is -0.540. The number of fused-ring (bicyclic) bond motifs is 1. The van der Waals surface area contributed by atoms with Gasteiger partial charge in [0.1, 0.15) is 0 Å². The Morgan fingerprint density at radius 2 is 2.10 bits per heavy atom. The molecule has 158 valence electrons. The molecule has 3 rings (SSSR count). The van der Waals surface area contributed by atoms with Gasteiger partial charge in [0.25, 0.3) is 0 Å². The Morgan fingerprint density at radius 3 is 2.86 bits per heavy atom. The van der Waals surface area contributed by atoms with Crippen molar-refractivity contribution in [2.24, 2.45) is 11.0 Å². The average molecular weight is 419 g/mol. The lowest BCUT2D eigenvalue weighted by molar-refractivity contribution is -0.126. The van der Waals surface area contributed by atoms with Crippen LogP contribution in [0.3, 0.4) is 0 Å². The summed E-state index contributed by atoms with van der Waals surface area (Å²) in [5.41, 5.74) is 4.72. The molecule has 1 fully saturated rings. The second kappa shape index (κ2) is 9.54. The minimum atomic E-state index is -3.27. The van der Waals surface area contributed by atoms with Crippen molar-refractivity contribution in [3.8, 4) is 0 Å². The van der Waals surface area contributed by atoms with Gasteiger partial charge in [0.15, 0.2) is 0 Å². The maximum atomic E-state index is 12.5. The number of nitrogens with one attached hydrogen (secondary N) is 1. The molecule has 0 aliphatic carbocycles. The number of amides is 1. The van der Waals surface area contributed by atoms with E-state index in [0.717, 1.165) is 35.9 Å². The van der Waals surface area contributed by atoms with E-state index in [9.17, 15) is 13.2 Å². The summed E-state index contributed by atoms with van der Waals surface area (Å²) in [5, 5.41) is 5.26. The van der Waals surface area contributed by atoms with Crippen molar-refractivity contribution in [2.75, 3.05) is 18.8 Å². The highest BCUT2D eigenvalue weighted by Gasteiger charge is 2.31. The lowest BCUT2D eigenvalue weighted by Crippen LogP contribution is -2.45. The maximum Gasteiger partial charge on any atom is 0.244 e. The van der Waals surface area contributed by atoms with Crippen molar-refractivity contribution in [1.82, 2.24) is 14.3 Å². The van der Waals surface area contributed by atoms with Gasteiger partial charge in [0.05, 0.1) is 17.9 Å². The number of rotatable bonds is 8. The topological polar surface area (TPSA) is 83.8 Å². The van der Waals surface area contributed by atoms with Crippen LogP contribution in [0.4, 0.5) is 0 Å². The molecular formula is C21H30N4O3S. The monoisotopic (exact) mass is 418 g/mol. The summed E-state index contributed by atoms with van der Waals surface area (Å²) in [6, 6.07) is 8.15. The van der Waals surface area contributed by atoms with Gasteiger partial charge in [0, 0.05) is 42.3 Å². The fourth-order valence-electron chi connectivity index (χ4n) is 3.74. The zero-order valence-electron chi connectivity index (χ0n) is 17.2. The third-order valence-corrected chi connectivity index (χ3v) is 7.31. The van der Waals surface area contributed by atoms with E-state index >= 15 is 0 Å². The van der Waals surface area contributed by atoms with Gasteiger partial charge in [-0.1, -0.05) is 31.5 Å². The highest BCUT2D eigenvalue weighted by molar-refractivity contribution is 7.89. The molecule has 7 nitrogen and oxygen atoms in total. The molecule has 1 amide bonds. The Morgan fingerprint density at radius 1 is 1.31 bits per heavy atom. The minimum Gasteiger partial charge on any atom is -0.347 e. The number of benzene rings is 1. The molecule has 1 aromatic heterocycles. The van der Waals surface area contributed by atoms with Gasteiger partial charge in [-0.2, -0.15) is 5.10 Å². The first-order chi connectivity index (χ1) is 14.0. The number of para-hydroxylation sites is 1. The lowest BCUT2D eigenvalue weighted by Gasteiger charge is -2.30. The minimum absolute atomic E-state index is 0.0571. The molecule has 0 spiro atoms. The number of carbonyl (C=O) groups excluding carboxylic acids is 1. The summed E-state index contributed by atoms with van der Waals surface area (Å²) in [7, 11) is -3.27. The van der Waals surface area contributed by atoms with Crippen LogP contribution >= 0.6 is 0 Å². The molecular weight excluding hydrogens is 388 g/mol. The van der Waals surface area contributed by atoms with Crippen LogP contribution in [-0.4, -0.2) is 48.3 Å². The highest BCUT2D eigenvalue weighted by Crippen LogP contribution is 2.21. The van der Waals surface area contributed by atoms with E-state index < -0.39 is 10.0 Å². The van der Waals surface area contributed by atoms with Crippen molar-refractivity contribution in [1.29, 1.82) is 0 Å². The van der Waals surface area contributed by atoms with Crippen LogP contribution in [0.5, 0.6) is 0 Å². The third kappa shape index (κ3) is 5.05. The van der Waals surface area contributed by atoms with Gasteiger partial charge in [-0.25, -0.2) is 18.1 Å². The van der Waals surface area contributed by atoms with Gasteiger partial charge in [0.2, 0.25) is 15.9 Å². The molecule has 2 aromatic rings. The van der Waals surface area contributed by atoms with E-state index in [1.165, 1.54) is 4.31 Å². The molecule has 1 aliphatic heterocycles. The Labute approximate surface area is 172 Å². The number of unbranched alkanes of at least 4 members (excludes halogenated alkanes) is 1. The molecule has 1 unspecified atom stereocenters. The predicted octanol–water partition coefficient (Wildman–Crippen LogP) is 2.95. The highest BCUT2D eigenvalue weighted by atomic mass is 32.2. The average Bonchev–Trinajstić information content (AvgIpc) is 3.10. The molecule has 2 heterocycles. The third-order valence-electron chi connectivity index (χ3n) is 5.46. The van der Waals surface area contributed by atoms with Crippen LogP contribution in [0.15, 0.2) is 35.6 Å². The SMILES string of the molecule is CCCCn1cc(C=NNC(=O)C2CCCN(S(=O)(=O)CC)C2)c2ccccc21. The van der Waals surface area contributed by atoms with Crippen LogP contribution < -0.4 is 5.43 Å².